The van der Waals surface area contributed by atoms with Crippen LogP contribution in [0.1, 0.15) is 11.1 Å². The summed E-state index contributed by atoms with van der Waals surface area (Å²) in [6, 6.07) is 3.66. The zero-order chi connectivity index (χ0) is 23.1. The minimum Gasteiger partial charge on any atom is -0.504 e. The molecule has 1 aliphatic rings. The third-order valence-electron chi connectivity index (χ3n) is 4.20. The topological polar surface area (TPSA) is 95.9 Å². The minimum absolute atomic E-state index is 0.0660. The SMILES string of the molecule is COc1cc(C=C2C(=O)NC(=O)N(c3cc(C(F)(F)F)ccc3Cl)C2=O)cc(I)c1O. The summed E-state index contributed by atoms with van der Waals surface area (Å²) >= 11 is 7.74. The Morgan fingerprint density at radius 2 is 1.87 bits per heavy atom. The summed E-state index contributed by atoms with van der Waals surface area (Å²) in [6.07, 6.45) is -3.63. The van der Waals surface area contributed by atoms with E-state index in [4.69, 9.17) is 16.3 Å². The molecule has 12 heteroatoms. The number of barbiturate groups is 1. The number of benzene rings is 2. The summed E-state index contributed by atoms with van der Waals surface area (Å²) in [5, 5.41) is 11.5. The molecule has 0 unspecified atom stereocenters. The molecule has 0 radical (unpaired) electrons. The predicted molar refractivity (Wildman–Crippen MR) is 113 cm³/mol. The van der Waals surface area contributed by atoms with Crippen molar-refractivity contribution in [2.24, 2.45) is 0 Å². The fraction of sp³-hybridized carbons (Fsp3) is 0.105. The minimum atomic E-state index is -4.75. The van der Waals surface area contributed by atoms with Gasteiger partial charge < -0.3 is 9.84 Å². The smallest absolute Gasteiger partial charge is 0.416 e. The van der Waals surface area contributed by atoms with E-state index in [1.54, 1.807) is 22.6 Å². The molecule has 1 fully saturated rings. The Labute approximate surface area is 191 Å². The second-order valence-corrected chi connectivity index (χ2v) is 7.74. The van der Waals surface area contributed by atoms with Gasteiger partial charge in [0.2, 0.25) is 0 Å². The molecule has 7 nitrogen and oxygen atoms in total. The number of hydrogen-bond acceptors (Lipinski definition) is 5. The lowest BCUT2D eigenvalue weighted by molar-refractivity contribution is -0.137. The number of rotatable bonds is 3. The molecule has 3 rings (SSSR count). The van der Waals surface area contributed by atoms with Gasteiger partial charge in [-0.3, -0.25) is 14.9 Å². The number of ether oxygens (including phenoxy) is 1. The molecule has 2 aromatic rings. The molecule has 2 N–H and O–H groups in total. The first-order valence-corrected chi connectivity index (χ1v) is 9.74. The van der Waals surface area contributed by atoms with Gasteiger partial charge in [-0.05, 0) is 64.6 Å². The van der Waals surface area contributed by atoms with E-state index in [1.165, 1.54) is 19.2 Å². The maximum Gasteiger partial charge on any atom is 0.416 e. The van der Waals surface area contributed by atoms with Crippen molar-refractivity contribution >= 4 is 63.8 Å². The zero-order valence-electron chi connectivity index (χ0n) is 15.4. The van der Waals surface area contributed by atoms with Crippen molar-refractivity contribution in [2.75, 3.05) is 12.0 Å². The van der Waals surface area contributed by atoms with Crippen LogP contribution in [0.3, 0.4) is 0 Å². The summed E-state index contributed by atoms with van der Waals surface area (Å²) in [5.41, 5.74) is -1.93. The highest BCUT2D eigenvalue weighted by Gasteiger charge is 2.39. The molecule has 2 aromatic carbocycles. The number of anilines is 1. The van der Waals surface area contributed by atoms with Gasteiger partial charge in [-0.15, -0.1) is 0 Å². The van der Waals surface area contributed by atoms with Gasteiger partial charge in [0.1, 0.15) is 5.57 Å². The van der Waals surface area contributed by atoms with E-state index in [0.29, 0.717) is 20.6 Å². The van der Waals surface area contributed by atoms with Crippen molar-refractivity contribution in [3.63, 3.8) is 0 Å². The molecule has 162 valence electrons. The Balaban J connectivity index is 2.10. The second kappa shape index (κ2) is 8.38. The summed E-state index contributed by atoms with van der Waals surface area (Å²) in [7, 11) is 1.30. The van der Waals surface area contributed by atoms with E-state index in [0.717, 1.165) is 12.1 Å². The van der Waals surface area contributed by atoms with Crippen molar-refractivity contribution in [3.8, 4) is 11.5 Å². The fourth-order valence-corrected chi connectivity index (χ4v) is 3.56. The van der Waals surface area contributed by atoms with E-state index in [-0.39, 0.29) is 22.1 Å². The van der Waals surface area contributed by atoms with Crippen molar-refractivity contribution in [1.82, 2.24) is 5.32 Å². The molecule has 0 spiro atoms. The first kappa shape index (κ1) is 22.9. The van der Waals surface area contributed by atoms with E-state index >= 15 is 0 Å². The second-order valence-electron chi connectivity index (χ2n) is 6.18. The average Bonchev–Trinajstić information content (AvgIpc) is 2.68. The number of halogens is 5. The highest BCUT2D eigenvalue weighted by atomic mass is 127. The first-order chi connectivity index (χ1) is 14.4. The van der Waals surface area contributed by atoms with Crippen LogP contribution in [0.25, 0.3) is 6.08 Å². The van der Waals surface area contributed by atoms with Gasteiger partial charge in [0, 0.05) is 0 Å². The average molecular weight is 567 g/mol. The monoisotopic (exact) mass is 566 g/mol. The summed E-state index contributed by atoms with van der Waals surface area (Å²) in [4.78, 5) is 37.8. The number of carbonyl (C=O) groups excluding carboxylic acids is 3. The van der Waals surface area contributed by atoms with Crippen molar-refractivity contribution in [1.29, 1.82) is 0 Å². The van der Waals surface area contributed by atoms with Gasteiger partial charge >= 0.3 is 12.2 Å². The number of phenolic OH excluding ortho intramolecular Hbond substituents is 1. The molecule has 0 bridgehead atoms. The molecule has 4 amide bonds. The lowest BCUT2D eigenvalue weighted by Gasteiger charge is -2.27. The Kier molecular flexibility index (Phi) is 6.18. The molecule has 0 aliphatic carbocycles. The summed E-state index contributed by atoms with van der Waals surface area (Å²) in [6.45, 7) is 0. The van der Waals surface area contributed by atoms with Gasteiger partial charge in [0.15, 0.2) is 11.5 Å². The van der Waals surface area contributed by atoms with E-state index < -0.39 is 40.8 Å². The van der Waals surface area contributed by atoms with Crippen LogP contribution >= 0.6 is 34.2 Å². The number of methoxy groups -OCH3 is 1. The van der Waals surface area contributed by atoms with Crippen molar-refractivity contribution < 1.29 is 37.4 Å². The third kappa shape index (κ3) is 4.46. The molecule has 0 aromatic heterocycles. The molecule has 0 saturated carbocycles. The normalized spacial score (nSPS) is 16.0. The van der Waals surface area contributed by atoms with Gasteiger partial charge in [-0.1, -0.05) is 11.6 Å². The summed E-state index contributed by atoms with van der Waals surface area (Å²) < 4.78 is 44.6. The molecule has 0 atom stereocenters. The molecule has 1 heterocycles. The highest BCUT2D eigenvalue weighted by Crippen LogP contribution is 2.37. The highest BCUT2D eigenvalue weighted by molar-refractivity contribution is 14.1. The number of amides is 4. The Morgan fingerprint density at radius 1 is 1.19 bits per heavy atom. The fourth-order valence-electron chi connectivity index (χ4n) is 2.74. The van der Waals surface area contributed by atoms with Crippen LogP contribution < -0.4 is 15.0 Å². The van der Waals surface area contributed by atoms with E-state index in [9.17, 15) is 32.7 Å². The number of imide groups is 2. The number of nitrogens with one attached hydrogen (secondary N) is 1. The van der Waals surface area contributed by atoms with Crippen LogP contribution in [-0.2, 0) is 15.8 Å². The number of nitrogens with zero attached hydrogens (tertiary/aromatic N) is 1. The zero-order valence-corrected chi connectivity index (χ0v) is 18.3. The molecular weight excluding hydrogens is 556 g/mol. The number of aromatic hydroxyl groups is 1. The quantitative estimate of drug-likeness (QED) is 0.327. The molecular formula is C19H11ClF3IN2O5. The maximum absolute atomic E-state index is 13.1. The van der Waals surface area contributed by atoms with Gasteiger partial charge in [-0.25, -0.2) is 9.69 Å². The van der Waals surface area contributed by atoms with Crippen LogP contribution in [-0.4, -0.2) is 30.1 Å². The predicted octanol–water partition coefficient (Wildman–Crippen LogP) is 4.34. The van der Waals surface area contributed by atoms with Crippen LogP contribution in [0.4, 0.5) is 23.7 Å². The van der Waals surface area contributed by atoms with Crippen molar-refractivity contribution in [2.45, 2.75) is 6.18 Å². The number of alkyl halides is 3. The van der Waals surface area contributed by atoms with Gasteiger partial charge in [-0.2, -0.15) is 13.2 Å². The summed E-state index contributed by atoms with van der Waals surface area (Å²) in [5.74, 6) is -2.30. The number of carbonyl (C=O) groups is 3. The van der Waals surface area contributed by atoms with Crippen LogP contribution in [0.2, 0.25) is 5.02 Å². The maximum atomic E-state index is 13.1. The standard InChI is InChI=1S/C19H11ClF3IN2O5/c1-31-14-6-8(5-12(24)15(14)27)4-10-16(28)25-18(30)26(17(10)29)13-7-9(19(21,22)23)2-3-11(13)20/h2-7,27H,1H3,(H,25,28,30). The van der Waals surface area contributed by atoms with E-state index in [1.807, 2.05) is 5.32 Å². The lowest BCUT2D eigenvalue weighted by Crippen LogP contribution is -2.54. The Hall–Kier alpha value is -2.80. The number of phenols is 1. The number of urea groups is 1. The molecule has 1 saturated heterocycles. The lowest BCUT2D eigenvalue weighted by atomic mass is 10.1. The Morgan fingerprint density at radius 3 is 2.48 bits per heavy atom. The third-order valence-corrected chi connectivity index (χ3v) is 5.34. The first-order valence-electron chi connectivity index (χ1n) is 8.28. The molecule has 31 heavy (non-hydrogen) atoms. The van der Waals surface area contributed by atoms with Crippen LogP contribution in [0.5, 0.6) is 11.5 Å². The van der Waals surface area contributed by atoms with Crippen molar-refractivity contribution in [3.05, 3.63) is 55.6 Å². The van der Waals surface area contributed by atoms with E-state index in [2.05, 4.69) is 0 Å². The van der Waals surface area contributed by atoms with Gasteiger partial charge in [0.05, 0.1) is 27.0 Å². The van der Waals surface area contributed by atoms with Crippen LogP contribution in [0.15, 0.2) is 35.9 Å². The van der Waals surface area contributed by atoms with Gasteiger partial charge in [0.25, 0.3) is 11.8 Å². The Bertz CT molecular complexity index is 1150. The molecule has 1 aliphatic heterocycles. The largest absolute Gasteiger partial charge is 0.504 e. The van der Waals surface area contributed by atoms with Crippen LogP contribution in [0, 0.1) is 3.57 Å². The number of hydrogen-bond donors (Lipinski definition) is 2.